The first-order valence-electron chi connectivity index (χ1n) is 13.1. The number of benzene rings is 5. The Balaban J connectivity index is 1.61. The lowest BCUT2D eigenvalue weighted by atomic mass is 9.81. The Labute approximate surface area is 221 Å². The molecule has 0 spiro atoms. The lowest BCUT2D eigenvalue weighted by Gasteiger charge is -2.21. The van der Waals surface area contributed by atoms with Gasteiger partial charge >= 0.3 is 0 Å². The summed E-state index contributed by atoms with van der Waals surface area (Å²) >= 11 is 0. The van der Waals surface area contributed by atoms with Gasteiger partial charge in [0.25, 0.3) is 0 Å². The number of para-hydroxylation sites is 1. The van der Waals surface area contributed by atoms with Gasteiger partial charge in [0.2, 0.25) is 0 Å². The molecule has 3 heteroatoms. The van der Waals surface area contributed by atoms with E-state index in [0.717, 1.165) is 28.1 Å². The van der Waals surface area contributed by atoms with Gasteiger partial charge in [-0.2, -0.15) is 0 Å². The Morgan fingerprint density at radius 2 is 1.32 bits per heavy atom. The van der Waals surface area contributed by atoms with Gasteiger partial charge in [-0.15, -0.1) is 0 Å². The minimum absolute atomic E-state index is 0.136. The molecule has 0 fully saturated rings. The van der Waals surface area contributed by atoms with Gasteiger partial charge in [-0.1, -0.05) is 117 Å². The van der Waals surface area contributed by atoms with E-state index in [4.69, 9.17) is 9.97 Å². The molecule has 180 valence electrons. The van der Waals surface area contributed by atoms with Gasteiger partial charge in [0.05, 0.1) is 16.7 Å². The second-order valence-electron chi connectivity index (χ2n) is 10.7. The second-order valence-corrected chi connectivity index (χ2v) is 10.7. The van der Waals surface area contributed by atoms with Crippen molar-refractivity contribution < 1.29 is 0 Å². The van der Waals surface area contributed by atoms with E-state index in [1.165, 1.54) is 44.1 Å². The fourth-order valence-electron chi connectivity index (χ4n) is 6.46. The van der Waals surface area contributed by atoms with Crippen LogP contribution < -0.4 is 0 Å². The molecule has 2 aromatic heterocycles. The average molecular weight is 488 g/mol. The van der Waals surface area contributed by atoms with Crippen LogP contribution in [-0.2, 0) is 5.41 Å². The van der Waals surface area contributed by atoms with Gasteiger partial charge in [0.1, 0.15) is 5.82 Å². The number of rotatable bonds is 2. The Kier molecular flexibility index (Phi) is 4.28. The summed E-state index contributed by atoms with van der Waals surface area (Å²) in [4.78, 5) is 10.3. The molecule has 5 aromatic carbocycles. The molecule has 3 nitrogen and oxygen atoms in total. The highest BCUT2D eigenvalue weighted by atomic mass is 15.1. The maximum absolute atomic E-state index is 5.32. The van der Waals surface area contributed by atoms with Gasteiger partial charge in [0, 0.05) is 32.7 Å². The van der Waals surface area contributed by atoms with Crippen molar-refractivity contribution in [2.75, 3.05) is 0 Å². The van der Waals surface area contributed by atoms with E-state index in [1.807, 2.05) is 18.2 Å². The summed E-state index contributed by atoms with van der Waals surface area (Å²) in [6, 6.07) is 40.8. The molecule has 38 heavy (non-hydrogen) atoms. The fraction of sp³-hybridized carbons (Fsp3) is 0.0857. The van der Waals surface area contributed by atoms with Crippen molar-refractivity contribution in [1.29, 1.82) is 0 Å². The molecule has 8 rings (SSSR count). The largest absolute Gasteiger partial charge is 0.292 e. The molecule has 0 unspecified atom stereocenters. The predicted molar refractivity (Wildman–Crippen MR) is 157 cm³/mol. The van der Waals surface area contributed by atoms with E-state index in [-0.39, 0.29) is 5.41 Å². The average Bonchev–Trinajstić information content (AvgIpc) is 3.44. The maximum Gasteiger partial charge on any atom is 0.162 e. The fourth-order valence-corrected chi connectivity index (χ4v) is 6.46. The quantitative estimate of drug-likeness (QED) is 0.244. The van der Waals surface area contributed by atoms with Crippen LogP contribution >= 0.6 is 0 Å². The van der Waals surface area contributed by atoms with Gasteiger partial charge in [-0.05, 0) is 28.6 Å². The molecule has 0 radical (unpaired) electrons. The third kappa shape index (κ3) is 2.79. The molecule has 7 aromatic rings. The molecule has 0 amide bonds. The molecule has 0 atom stereocenters. The standard InChI is InChI=1S/C35H25N3/c1-35(2)28-18-10-8-16-25(28)32-30(35)27-21-20-22-12-6-7-15-24(22)31(27)38(32)34-26-17-9-11-19-29(26)36-33(37-34)23-13-4-3-5-14-23/h3-21H,1-2H3. The summed E-state index contributed by atoms with van der Waals surface area (Å²) in [5.74, 6) is 1.66. The van der Waals surface area contributed by atoms with Crippen molar-refractivity contribution in [2.24, 2.45) is 0 Å². The van der Waals surface area contributed by atoms with Crippen LogP contribution in [0.15, 0.2) is 115 Å². The molecule has 1 aliphatic rings. The molecule has 1 aliphatic carbocycles. The highest BCUT2D eigenvalue weighted by molar-refractivity contribution is 6.13. The molecule has 0 bridgehead atoms. The van der Waals surface area contributed by atoms with Crippen LogP contribution in [0.3, 0.4) is 0 Å². The third-order valence-corrected chi connectivity index (χ3v) is 8.16. The van der Waals surface area contributed by atoms with Crippen LogP contribution in [0.2, 0.25) is 0 Å². The monoisotopic (exact) mass is 487 g/mol. The van der Waals surface area contributed by atoms with Gasteiger partial charge < -0.3 is 0 Å². The first-order valence-corrected chi connectivity index (χ1v) is 13.1. The highest BCUT2D eigenvalue weighted by Crippen LogP contribution is 2.54. The zero-order valence-electron chi connectivity index (χ0n) is 21.3. The third-order valence-electron chi connectivity index (χ3n) is 8.16. The Bertz CT molecular complexity index is 2050. The normalized spacial score (nSPS) is 13.7. The van der Waals surface area contributed by atoms with Crippen LogP contribution in [0.25, 0.3) is 61.0 Å². The SMILES string of the molecule is CC1(C)c2ccccc2-c2c1c1ccc3ccccc3c1n2-c1nc(-c2ccccc2)nc2ccccc12. The van der Waals surface area contributed by atoms with Crippen molar-refractivity contribution in [3.63, 3.8) is 0 Å². The van der Waals surface area contributed by atoms with Crippen LogP contribution in [-0.4, -0.2) is 14.5 Å². The molecule has 0 saturated carbocycles. The summed E-state index contributed by atoms with van der Waals surface area (Å²) in [5, 5.41) is 4.78. The Hall–Kier alpha value is -4.76. The van der Waals surface area contributed by atoms with Crippen LogP contribution in [0.4, 0.5) is 0 Å². The first kappa shape index (κ1) is 21.3. The molecular formula is C35H25N3. The van der Waals surface area contributed by atoms with Gasteiger partial charge in [0.15, 0.2) is 5.82 Å². The summed E-state index contributed by atoms with van der Waals surface area (Å²) in [5.41, 5.74) is 8.26. The van der Waals surface area contributed by atoms with E-state index in [2.05, 4.69) is 115 Å². The maximum atomic E-state index is 5.32. The molecule has 2 heterocycles. The lowest BCUT2D eigenvalue weighted by Crippen LogP contribution is -2.14. The molecule has 0 aliphatic heterocycles. The van der Waals surface area contributed by atoms with E-state index in [0.29, 0.717) is 0 Å². The van der Waals surface area contributed by atoms with Gasteiger partial charge in [-0.3, -0.25) is 4.57 Å². The number of hydrogen-bond donors (Lipinski definition) is 0. The lowest BCUT2D eigenvalue weighted by molar-refractivity contribution is 0.666. The first-order chi connectivity index (χ1) is 18.6. The highest BCUT2D eigenvalue weighted by Gasteiger charge is 2.41. The second kappa shape index (κ2) is 7.62. The molecule has 0 N–H and O–H groups in total. The van der Waals surface area contributed by atoms with Crippen LogP contribution in [0.5, 0.6) is 0 Å². The summed E-state index contributed by atoms with van der Waals surface area (Å²) in [7, 11) is 0. The minimum atomic E-state index is -0.136. The Morgan fingerprint density at radius 1 is 0.605 bits per heavy atom. The minimum Gasteiger partial charge on any atom is -0.292 e. The van der Waals surface area contributed by atoms with Crippen molar-refractivity contribution in [3.8, 4) is 28.5 Å². The number of aromatic nitrogens is 3. The van der Waals surface area contributed by atoms with Crippen molar-refractivity contribution in [1.82, 2.24) is 14.5 Å². The smallest absolute Gasteiger partial charge is 0.162 e. The van der Waals surface area contributed by atoms with Crippen LogP contribution in [0, 0.1) is 0 Å². The summed E-state index contributed by atoms with van der Waals surface area (Å²) in [6.07, 6.45) is 0. The number of hydrogen-bond acceptors (Lipinski definition) is 2. The predicted octanol–water partition coefficient (Wildman–Crippen LogP) is 8.70. The van der Waals surface area contributed by atoms with Gasteiger partial charge in [-0.25, -0.2) is 9.97 Å². The van der Waals surface area contributed by atoms with Crippen molar-refractivity contribution in [3.05, 3.63) is 126 Å². The van der Waals surface area contributed by atoms with Crippen LogP contribution in [0.1, 0.15) is 25.0 Å². The summed E-state index contributed by atoms with van der Waals surface area (Å²) < 4.78 is 2.43. The van der Waals surface area contributed by atoms with E-state index in [1.54, 1.807) is 0 Å². The number of nitrogens with zero attached hydrogens (tertiary/aromatic N) is 3. The van der Waals surface area contributed by atoms with E-state index >= 15 is 0 Å². The zero-order valence-corrected chi connectivity index (χ0v) is 21.3. The van der Waals surface area contributed by atoms with E-state index < -0.39 is 0 Å². The number of fused-ring (bicyclic) bond motifs is 8. The molecule has 0 saturated heterocycles. The Morgan fingerprint density at radius 3 is 2.18 bits per heavy atom. The molecular weight excluding hydrogens is 462 g/mol. The topological polar surface area (TPSA) is 30.7 Å². The summed E-state index contributed by atoms with van der Waals surface area (Å²) in [6.45, 7) is 4.70. The van der Waals surface area contributed by atoms with E-state index in [9.17, 15) is 0 Å². The zero-order chi connectivity index (χ0) is 25.4. The van der Waals surface area contributed by atoms with Crippen molar-refractivity contribution in [2.45, 2.75) is 19.3 Å². The van der Waals surface area contributed by atoms with Crippen molar-refractivity contribution >= 4 is 32.6 Å².